The highest BCUT2D eigenvalue weighted by molar-refractivity contribution is 7.20. The molecule has 0 bridgehead atoms. The summed E-state index contributed by atoms with van der Waals surface area (Å²) in [5, 5.41) is 5.15. The SMILES string of the molecule is COCCN(Cc1ccccc1)c1nn2c(=O)ccnc2s1. The molecule has 3 rings (SSSR count). The molecule has 0 fully saturated rings. The van der Waals surface area contributed by atoms with E-state index in [-0.39, 0.29) is 5.56 Å². The van der Waals surface area contributed by atoms with Crippen molar-refractivity contribution in [3.05, 3.63) is 58.5 Å². The van der Waals surface area contributed by atoms with E-state index >= 15 is 0 Å². The summed E-state index contributed by atoms with van der Waals surface area (Å²) in [5.74, 6) is 0. The Hall–Kier alpha value is -2.25. The first-order valence-corrected chi connectivity index (χ1v) is 7.72. The first kappa shape index (κ1) is 14.7. The zero-order valence-corrected chi connectivity index (χ0v) is 13.0. The lowest BCUT2D eigenvalue weighted by Crippen LogP contribution is -2.27. The van der Waals surface area contributed by atoms with Crippen LogP contribution in [-0.4, -0.2) is 34.9 Å². The third-order valence-electron chi connectivity index (χ3n) is 3.21. The molecular weight excluding hydrogens is 300 g/mol. The summed E-state index contributed by atoms with van der Waals surface area (Å²) in [6, 6.07) is 11.6. The zero-order chi connectivity index (χ0) is 15.4. The number of rotatable bonds is 6. The van der Waals surface area contributed by atoms with E-state index in [1.54, 1.807) is 7.11 Å². The summed E-state index contributed by atoms with van der Waals surface area (Å²) >= 11 is 1.40. The Morgan fingerprint density at radius 3 is 2.82 bits per heavy atom. The number of methoxy groups -OCH3 is 1. The summed E-state index contributed by atoms with van der Waals surface area (Å²) in [5.41, 5.74) is 1.01. The summed E-state index contributed by atoms with van der Waals surface area (Å²) < 4.78 is 6.52. The van der Waals surface area contributed by atoms with Gasteiger partial charge in [0.1, 0.15) is 0 Å². The van der Waals surface area contributed by atoms with Crippen LogP contribution in [-0.2, 0) is 11.3 Å². The van der Waals surface area contributed by atoms with Gasteiger partial charge in [-0.25, -0.2) is 4.98 Å². The second-order valence-electron chi connectivity index (χ2n) is 4.76. The van der Waals surface area contributed by atoms with E-state index in [4.69, 9.17) is 4.74 Å². The molecule has 2 aromatic heterocycles. The van der Waals surface area contributed by atoms with E-state index in [2.05, 4.69) is 27.1 Å². The van der Waals surface area contributed by atoms with Crippen molar-refractivity contribution >= 4 is 21.4 Å². The van der Waals surface area contributed by atoms with Crippen molar-refractivity contribution in [1.82, 2.24) is 14.6 Å². The molecule has 0 aliphatic heterocycles. The monoisotopic (exact) mass is 316 g/mol. The van der Waals surface area contributed by atoms with E-state index < -0.39 is 0 Å². The van der Waals surface area contributed by atoms with Gasteiger partial charge in [0.05, 0.1) is 6.61 Å². The topological polar surface area (TPSA) is 59.7 Å². The van der Waals surface area contributed by atoms with Gasteiger partial charge < -0.3 is 9.64 Å². The number of aromatic nitrogens is 3. The maximum absolute atomic E-state index is 11.8. The van der Waals surface area contributed by atoms with Crippen molar-refractivity contribution in [3.8, 4) is 0 Å². The summed E-state index contributed by atoms with van der Waals surface area (Å²) in [6.45, 7) is 1.99. The predicted octanol–water partition coefficient (Wildman–Crippen LogP) is 1.80. The fourth-order valence-corrected chi connectivity index (χ4v) is 3.01. The Labute approximate surface area is 131 Å². The van der Waals surface area contributed by atoms with Gasteiger partial charge in [-0.3, -0.25) is 4.79 Å². The molecule has 0 saturated carbocycles. The Morgan fingerprint density at radius 1 is 1.27 bits per heavy atom. The van der Waals surface area contributed by atoms with E-state index in [1.807, 2.05) is 18.2 Å². The molecule has 0 aliphatic carbocycles. The van der Waals surface area contributed by atoms with E-state index in [9.17, 15) is 4.79 Å². The second-order valence-corrected chi connectivity index (χ2v) is 5.70. The molecule has 1 aromatic carbocycles. The van der Waals surface area contributed by atoms with E-state index in [0.717, 1.165) is 5.13 Å². The van der Waals surface area contributed by atoms with Crippen LogP contribution in [0.3, 0.4) is 0 Å². The minimum atomic E-state index is -0.168. The molecule has 0 spiro atoms. The first-order chi connectivity index (χ1) is 10.8. The van der Waals surface area contributed by atoms with Crippen LogP contribution in [0.2, 0.25) is 0 Å². The van der Waals surface area contributed by atoms with Crippen molar-refractivity contribution in [3.63, 3.8) is 0 Å². The number of hydrogen-bond acceptors (Lipinski definition) is 6. The maximum atomic E-state index is 11.8. The van der Waals surface area contributed by atoms with E-state index in [1.165, 1.54) is 33.7 Å². The van der Waals surface area contributed by atoms with Gasteiger partial charge in [0.25, 0.3) is 5.56 Å². The molecule has 0 amide bonds. The van der Waals surface area contributed by atoms with Gasteiger partial charge in [-0.15, -0.1) is 5.10 Å². The quantitative estimate of drug-likeness (QED) is 0.694. The smallest absolute Gasteiger partial charge is 0.275 e. The molecular formula is C15H16N4O2S. The molecule has 22 heavy (non-hydrogen) atoms. The maximum Gasteiger partial charge on any atom is 0.275 e. The molecule has 2 heterocycles. The number of benzene rings is 1. The standard InChI is InChI=1S/C15H16N4O2S/c1-21-10-9-18(11-12-5-3-2-4-6-12)15-17-19-13(20)7-8-16-14(19)22-15/h2-8H,9-11H2,1H3. The van der Waals surface area contributed by atoms with Crippen molar-refractivity contribution in [2.24, 2.45) is 0 Å². The average Bonchev–Trinajstić information content (AvgIpc) is 2.98. The zero-order valence-electron chi connectivity index (χ0n) is 12.2. The Kier molecular flexibility index (Phi) is 4.45. The third kappa shape index (κ3) is 3.15. The van der Waals surface area contributed by atoms with Gasteiger partial charge in [0.2, 0.25) is 10.1 Å². The molecule has 0 N–H and O–H groups in total. The van der Waals surface area contributed by atoms with Crippen LogP contribution < -0.4 is 10.5 Å². The first-order valence-electron chi connectivity index (χ1n) is 6.90. The van der Waals surface area contributed by atoms with Gasteiger partial charge in [-0.2, -0.15) is 4.52 Å². The molecule has 3 aromatic rings. The molecule has 0 atom stereocenters. The van der Waals surface area contributed by atoms with Gasteiger partial charge >= 0.3 is 0 Å². The highest BCUT2D eigenvalue weighted by Gasteiger charge is 2.14. The molecule has 0 unspecified atom stereocenters. The van der Waals surface area contributed by atoms with Crippen LogP contribution in [0.25, 0.3) is 4.96 Å². The minimum absolute atomic E-state index is 0.168. The van der Waals surface area contributed by atoms with Crippen LogP contribution in [0, 0.1) is 0 Å². The van der Waals surface area contributed by atoms with Crippen molar-refractivity contribution in [2.45, 2.75) is 6.54 Å². The highest BCUT2D eigenvalue weighted by Crippen LogP contribution is 2.22. The fraction of sp³-hybridized carbons (Fsp3) is 0.267. The Balaban J connectivity index is 1.93. The third-order valence-corrected chi connectivity index (χ3v) is 4.20. The van der Waals surface area contributed by atoms with Gasteiger partial charge in [-0.05, 0) is 5.56 Å². The summed E-state index contributed by atoms with van der Waals surface area (Å²) in [6.07, 6.45) is 1.51. The lowest BCUT2D eigenvalue weighted by Gasteiger charge is -2.20. The van der Waals surface area contributed by atoms with Gasteiger partial charge in [0, 0.05) is 32.5 Å². The largest absolute Gasteiger partial charge is 0.383 e. The van der Waals surface area contributed by atoms with Crippen molar-refractivity contribution < 1.29 is 4.74 Å². The lowest BCUT2D eigenvalue weighted by atomic mass is 10.2. The molecule has 7 heteroatoms. The van der Waals surface area contributed by atoms with Crippen LogP contribution in [0.5, 0.6) is 0 Å². The van der Waals surface area contributed by atoms with Crippen LogP contribution in [0.15, 0.2) is 47.4 Å². The Morgan fingerprint density at radius 2 is 2.09 bits per heavy atom. The van der Waals surface area contributed by atoms with Crippen LogP contribution in [0.4, 0.5) is 5.13 Å². The number of ether oxygens (including phenoxy) is 1. The number of fused-ring (bicyclic) bond motifs is 1. The van der Waals surface area contributed by atoms with Crippen molar-refractivity contribution in [2.75, 3.05) is 25.2 Å². The van der Waals surface area contributed by atoms with Crippen LogP contribution >= 0.6 is 11.3 Å². The van der Waals surface area contributed by atoms with Crippen LogP contribution in [0.1, 0.15) is 5.56 Å². The molecule has 0 saturated heterocycles. The normalized spacial score (nSPS) is 11.0. The molecule has 114 valence electrons. The average molecular weight is 316 g/mol. The molecule has 6 nitrogen and oxygen atoms in total. The molecule has 0 aliphatic rings. The van der Waals surface area contributed by atoms with E-state index in [0.29, 0.717) is 24.7 Å². The Bertz CT molecular complexity index is 800. The van der Waals surface area contributed by atoms with Crippen molar-refractivity contribution in [1.29, 1.82) is 0 Å². The lowest BCUT2D eigenvalue weighted by molar-refractivity contribution is 0.205. The second kappa shape index (κ2) is 6.67. The fourth-order valence-electron chi connectivity index (χ4n) is 2.11. The van der Waals surface area contributed by atoms with Gasteiger partial charge in [0.15, 0.2) is 0 Å². The molecule has 0 radical (unpaired) electrons. The number of hydrogen-bond donors (Lipinski definition) is 0. The summed E-state index contributed by atoms with van der Waals surface area (Å²) in [4.78, 5) is 18.7. The summed E-state index contributed by atoms with van der Waals surface area (Å²) in [7, 11) is 1.67. The number of nitrogens with zero attached hydrogens (tertiary/aromatic N) is 4. The number of anilines is 1. The minimum Gasteiger partial charge on any atom is -0.383 e. The van der Waals surface area contributed by atoms with Gasteiger partial charge in [-0.1, -0.05) is 41.7 Å². The highest BCUT2D eigenvalue weighted by atomic mass is 32.1. The predicted molar refractivity (Wildman–Crippen MR) is 86.5 cm³/mol.